The summed E-state index contributed by atoms with van der Waals surface area (Å²) in [6.45, 7) is 0. The van der Waals surface area contributed by atoms with E-state index in [1.165, 1.54) is 22.2 Å². The van der Waals surface area contributed by atoms with Gasteiger partial charge in [-0.1, -0.05) is 23.4 Å². The molecule has 0 unspecified atom stereocenters. The standard InChI is InChI=1S/C23H17ClN6O2S/c1-32-19-5-3-18(4-6-19)30-22(15-8-10-25-11-9-15)27-28-23(30)33-14-17-12-21(31)29-13-16(24)2-7-20(29)26-17/h2-13H,14H2,1H3. The summed E-state index contributed by atoms with van der Waals surface area (Å²) in [5.41, 5.74) is 2.77. The molecule has 0 saturated carbocycles. The molecule has 5 aromatic rings. The van der Waals surface area contributed by atoms with Crippen LogP contribution in [0.15, 0.2) is 83.1 Å². The minimum absolute atomic E-state index is 0.188. The molecule has 8 nitrogen and oxygen atoms in total. The summed E-state index contributed by atoms with van der Waals surface area (Å²) in [4.78, 5) is 21.2. The molecule has 0 bridgehead atoms. The van der Waals surface area contributed by atoms with Gasteiger partial charge < -0.3 is 4.74 Å². The van der Waals surface area contributed by atoms with Crippen molar-refractivity contribution in [3.63, 3.8) is 0 Å². The van der Waals surface area contributed by atoms with Crippen molar-refractivity contribution in [2.45, 2.75) is 10.9 Å². The van der Waals surface area contributed by atoms with Gasteiger partial charge in [-0.3, -0.25) is 18.7 Å². The number of rotatable bonds is 6. The molecule has 0 saturated heterocycles. The maximum atomic E-state index is 12.5. The maximum Gasteiger partial charge on any atom is 0.258 e. The number of halogens is 1. The van der Waals surface area contributed by atoms with E-state index in [-0.39, 0.29) is 5.56 Å². The highest BCUT2D eigenvalue weighted by Gasteiger charge is 2.17. The van der Waals surface area contributed by atoms with Crippen LogP contribution >= 0.6 is 23.4 Å². The van der Waals surface area contributed by atoms with Crippen LogP contribution in [0.25, 0.3) is 22.7 Å². The summed E-state index contributed by atoms with van der Waals surface area (Å²) in [6, 6.07) is 16.4. The fourth-order valence-electron chi connectivity index (χ4n) is 3.35. The molecule has 0 fully saturated rings. The average Bonchev–Trinajstić information content (AvgIpc) is 3.28. The highest BCUT2D eigenvalue weighted by atomic mass is 35.5. The molecule has 1 aromatic carbocycles. The summed E-state index contributed by atoms with van der Waals surface area (Å²) >= 11 is 7.44. The van der Waals surface area contributed by atoms with E-state index in [0.717, 1.165) is 17.0 Å². The van der Waals surface area contributed by atoms with E-state index < -0.39 is 0 Å². The Hall–Kier alpha value is -3.69. The molecule has 33 heavy (non-hydrogen) atoms. The first kappa shape index (κ1) is 21.2. The molecule has 0 atom stereocenters. The monoisotopic (exact) mass is 476 g/mol. The van der Waals surface area contributed by atoms with Crippen molar-refractivity contribution in [3.8, 4) is 22.8 Å². The fraction of sp³-hybridized carbons (Fsp3) is 0.0870. The lowest BCUT2D eigenvalue weighted by Crippen LogP contribution is -2.15. The summed E-state index contributed by atoms with van der Waals surface area (Å²) in [5.74, 6) is 1.89. The van der Waals surface area contributed by atoms with Gasteiger partial charge in [0.2, 0.25) is 0 Å². The van der Waals surface area contributed by atoms with E-state index >= 15 is 0 Å². The van der Waals surface area contributed by atoms with E-state index in [1.54, 1.807) is 37.8 Å². The third-order valence-electron chi connectivity index (χ3n) is 4.93. The Morgan fingerprint density at radius 2 is 1.82 bits per heavy atom. The lowest BCUT2D eigenvalue weighted by atomic mass is 10.2. The maximum absolute atomic E-state index is 12.5. The second-order valence-electron chi connectivity index (χ2n) is 7.03. The SMILES string of the molecule is COc1ccc(-n2c(SCc3cc(=O)n4cc(Cl)ccc4n3)nnc2-c2ccncc2)cc1. The first-order valence-electron chi connectivity index (χ1n) is 9.93. The van der Waals surface area contributed by atoms with Crippen LogP contribution in [0.2, 0.25) is 5.02 Å². The Morgan fingerprint density at radius 3 is 2.58 bits per heavy atom. The average molecular weight is 477 g/mol. The molecule has 4 aromatic heterocycles. The number of nitrogens with zero attached hydrogens (tertiary/aromatic N) is 6. The fourth-order valence-corrected chi connectivity index (χ4v) is 4.36. The van der Waals surface area contributed by atoms with Crippen LogP contribution in [0.4, 0.5) is 0 Å². The van der Waals surface area contributed by atoms with Crippen molar-refractivity contribution in [2.24, 2.45) is 0 Å². The quantitative estimate of drug-likeness (QED) is 0.338. The molecule has 5 rings (SSSR count). The molecule has 164 valence electrons. The molecule has 10 heteroatoms. The normalized spacial score (nSPS) is 11.1. The van der Waals surface area contributed by atoms with Crippen LogP contribution in [-0.2, 0) is 5.75 Å². The summed E-state index contributed by atoms with van der Waals surface area (Å²) in [5, 5.41) is 9.99. The van der Waals surface area contributed by atoms with Crippen LogP contribution in [0.3, 0.4) is 0 Å². The number of methoxy groups -OCH3 is 1. The molecule has 0 amide bonds. The molecular weight excluding hydrogens is 460 g/mol. The third-order valence-corrected chi connectivity index (χ3v) is 6.11. The van der Waals surface area contributed by atoms with Crippen LogP contribution in [0, 0.1) is 0 Å². The van der Waals surface area contributed by atoms with E-state index in [1.807, 2.05) is 41.0 Å². The molecule has 0 N–H and O–H groups in total. The second kappa shape index (κ2) is 9.05. The Morgan fingerprint density at radius 1 is 1.03 bits per heavy atom. The van der Waals surface area contributed by atoms with Crippen molar-refractivity contribution in [2.75, 3.05) is 7.11 Å². The Kier molecular flexibility index (Phi) is 5.80. The zero-order valence-electron chi connectivity index (χ0n) is 17.4. The number of ether oxygens (including phenoxy) is 1. The Labute approximate surface area is 197 Å². The van der Waals surface area contributed by atoms with Gasteiger partial charge in [-0.25, -0.2) is 4.98 Å². The highest BCUT2D eigenvalue weighted by molar-refractivity contribution is 7.98. The van der Waals surface area contributed by atoms with Gasteiger partial charge >= 0.3 is 0 Å². The zero-order chi connectivity index (χ0) is 22.8. The number of fused-ring (bicyclic) bond motifs is 1. The molecule has 0 aliphatic rings. The van der Waals surface area contributed by atoms with Crippen LogP contribution < -0.4 is 10.3 Å². The number of thioether (sulfide) groups is 1. The second-order valence-corrected chi connectivity index (χ2v) is 8.40. The number of benzene rings is 1. The number of aromatic nitrogens is 6. The van der Waals surface area contributed by atoms with Crippen LogP contribution in [-0.4, -0.2) is 36.2 Å². The van der Waals surface area contributed by atoms with E-state index in [2.05, 4.69) is 20.2 Å². The first-order chi connectivity index (χ1) is 16.1. The van der Waals surface area contributed by atoms with Gasteiger partial charge in [-0.2, -0.15) is 0 Å². The van der Waals surface area contributed by atoms with Gasteiger partial charge in [-0.05, 0) is 48.5 Å². The van der Waals surface area contributed by atoms with Gasteiger partial charge in [0.25, 0.3) is 5.56 Å². The van der Waals surface area contributed by atoms with Crippen molar-refractivity contribution < 1.29 is 4.74 Å². The van der Waals surface area contributed by atoms with Gasteiger partial charge in [0.05, 0.1) is 17.8 Å². The van der Waals surface area contributed by atoms with Gasteiger partial charge in [0.15, 0.2) is 11.0 Å². The topological polar surface area (TPSA) is 87.2 Å². The lowest BCUT2D eigenvalue weighted by Gasteiger charge is -2.11. The third kappa shape index (κ3) is 4.33. The minimum Gasteiger partial charge on any atom is -0.497 e. The Bertz CT molecular complexity index is 1490. The van der Waals surface area contributed by atoms with Crippen LogP contribution in [0.5, 0.6) is 5.75 Å². The summed E-state index contributed by atoms with van der Waals surface area (Å²) in [6.07, 6.45) is 4.99. The van der Waals surface area contributed by atoms with Crippen molar-refractivity contribution in [1.29, 1.82) is 0 Å². The van der Waals surface area contributed by atoms with Gasteiger partial charge in [-0.15, -0.1) is 10.2 Å². The van der Waals surface area contributed by atoms with Gasteiger partial charge in [0, 0.05) is 41.7 Å². The molecule has 4 heterocycles. The van der Waals surface area contributed by atoms with Crippen LogP contribution in [0.1, 0.15) is 5.69 Å². The highest BCUT2D eigenvalue weighted by Crippen LogP contribution is 2.30. The van der Waals surface area contributed by atoms with Crippen molar-refractivity contribution >= 4 is 29.0 Å². The summed E-state index contributed by atoms with van der Waals surface area (Å²) < 4.78 is 8.68. The zero-order valence-corrected chi connectivity index (χ0v) is 19.0. The molecule has 0 aliphatic carbocycles. The molecule has 0 radical (unpaired) electrons. The predicted molar refractivity (Wildman–Crippen MR) is 127 cm³/mol. The lowest BCUT2D eigenvalue weighted by molar-refractivity contribution is 0.414. The molecule has 0 spiro atoms. The number of hydrogen-bond donors (Lipinski definition) is 0. The largest absolute Gasteiger partial charge is 0.497 e. The first-order valence-corrected chi connectivity index (χ1v) is 11.3. The van der Waals surface area contributed by atoms with Gasteiger partial charge in [0.1, 0.15) is 11.4 Å². The smallest absolute Gasteiger partial charge is 0.258 e. The van der Waals surface area contributed by atoms with E-state index in [4.69, 9.17) is 16.3 Å². The van der Waals surface area contributed by atoms with Crippen molar-refractivity contribution in [3.05, 3.63) is 94.3 Å². The number of pyridine rings is 2. The molecular formula is C23H17ClN6O2S. The minimum atomic E-state index is -0.188. The van der Waals surface area contributed by atoms with E-state index in [9.17, 15) is 4.79 Å². The predicted octanol–water partition coefficient (Wildman–Crippen LogP) is 4.29. The molecule has 0 aliphatic heterocycles. The van der Waals surface area contributed by atoms with E-state index in [0.29, 0.717) is 33.1 Å². The summed E-state index contributed by atoms with van der Waals surface area (Å²) in [7, 11) is 1.63. The number of hydrogen-bond acceptors (Lipinski definition) is 7. The van der Waals surface area contributed by atoms with Crippen molar-refractivity contribution in [1.82, 2.24) is 29.1 Å². The Balaban J connectivity index is 1.52.